The van der Waals surface area contributed by atoms with Crippen molar-refractivity contribution in [1.82, 2.24) is 10.6 Å². The molecule has 2 aliphatic heterocycles. The molecule has 0 bridgehead atoms. The molecule has 2 rings (SSSR count). The SMILES string of the molecule is NC12N=CNC1(N)C(O)N=CN2. The minimum atomic E-state index is -1.26. The van der Waals surface area contributed by atoms with Crippen molar-refractivity contribution in [2.24, 2.45) is 21.5 Å². The second kappa shape index (κ2) is 1.94. The normalized spacial score (nSPS) is 49.8. The van der Waals surface area contributed by atoms with Crippen LogP contribution in [0.2, 0.25) is 0 Å². The average molecular weight is 170 g/mol. The van der Waals surface area contributed by atoms with Gasteiger partial charge in [0.25, 0.3) is 0 Å². The molecular formula is C5H10N6O. The predicted octanol–water partition coefficient (Wildman–Crippen LogP) is -3.16. The Morgan fingerprint density at radius 2 is 2.08 bits per heavy atom. The van der Waals surface area contributed by atoms with Crippen molar-refractivity contribution < 1.29 is 5.11 Å². The Morgan fingerprint density at radius 3 is 2.75 bits per heavy atom. The molecule has 0 fully saturated rings. The summed E-state index contributed by atoms with van der Waals surface area (Å²) in [5, 5.41) is 14.7. The topological polar surface area (TPSA) is 121 Å². The second-order valence-electron chi connectivity index (χ2n) is 2.83. The third-order valence-corrected chi connectivity index (χ3v) is 2.11. The van der Waals surface area contributed by atoms with Crippen molar-refractivity contribution in [1.29, 1.82) is 0 Å². The molecule has 7 nitrogen and oxygen atoms in total. The highest BCUT2D eigenvalue weighted by molar-refractivity contribution is 5.66. The molecule has 0 aromatic rings. The molecule has 7 N–H and O–H groups in total. The van der Waals surface area contributed by atoms with E-state index < -0.39 is 17.7 Å². The van der Waals surface area contributed by atoms with Gasteiger partial charge in [0.1, 0.15) is 0 Å². The molecule has 3 atom stereocenters. The Balaban J connectivity index is 2.43. The molecule has 0 spiro atoms. The summed E-state index contributed by atoms with van der Waals surface area (Å²) in [7, 11) is 0. The zero-order chi connectivity index (χ0) is 8.82. The minimum Gasteiger partial charge on any atom is -0.368 e. The fourth-order valence-electron chi connectivity index (χ4n) is 1.21. The van der Waals surface area contributed by atoms with Gasteiger partial charge in [-0.15, -0.1) is 0 Å². The molecule has 0 saturated heterocycles. The van der Waals surface area contributed by atoms with E-state index in [1.165, 1.54) is 12.7 Å². The Hall–Kier alpha value is -1.18. The molecule has 2 heterocycles. The van der Waals surface area contributed by atoms with Crippen LogP contribution in [0, 0.1) is 0 Å². The molecule has 0 aromatic carbocycles. The molecule has 66 valence electrons. The van der Waals surface area contributed by atoms with Gasteiger partial charge in [-0.05, 0) is 0 Å². The van der Waals surface area contributed by atoms with Gasteiger partial charge in [-0.25, -0.2) is 9.98 Å². The Bertz CT molecular complexity index is 265. The lowest BCUT2D eigenvalue weighted by Crippen LogP contribution is -2.80. The summed E-state index contributed by atoms with van der Waals surface area (Å²) >= 11 is 0. The van der Waals surface area contributed by atoms with Crippen LogP contribution in [0.3, 0.4) is 0 Å². The van der Waals surface area contributed by atoms with E-state index in [2.05, 4.69) is 20.6 Å². The van der Waals surface area contributed by atoms with E-state index in [9.17, 15) is 5.11 Å². The standard InChI is InChI=1S/C5H10N6O/c6-4-3(12)8-1-10-5(4,7)11-2-9-4/h1-3,12H,6-7H2,(H,8,10)(H,9,11). The zero-order valence-corrected chi connectivity index (χ0v) is 6.23. The van der Waals surface area contributed by atoms with Crippen molar-refractivity contribution in [3.63, 3.8) is 0 Å². The molecule has 3 unspecified atom stereocenters. The molecular weight excluding hydrogens is 160 g/mol. The molecule has 7 heteroatoms. The zero-order valence-electron chi connectivity index (χ0n) is 6.23. The Morgan fingerprint density at radius 1 is 1.33 bits per heavy atom. The smallest absolute Gasteiger partial charge is 0.226 e. The molecule has 12 heavy (non-hydrogen) atoms. The maximum Gasteiger partial charge on any atom is 0.226 e. The first kappa shape index (κ1) is 7.47. The minimum absolute atomic E-state index is 1.11. The lowest BCUT2D eigenvalue weighted by Gasteiger charge is -2.41. The summed E-state index contributed by atoms with van der Waals surface area (Å²) in [6, 6.07) is 0. The van der Waals surface area contributed by atoms with Gasteiger partial charge >= 0.3 is 0 Å². The largest absolute Gasteiger partial charge is 0.368 e. The number of aliphatic hydroxyl groups excluding tert-OH is 1. The summed E-state index contributed by atoms with van der Waals surface area (Å²) in [6.45, 7) is 0. The Kier molecular flexibility index (Phi) is 1.21. The number of nitrogens with zero attached hydrogens (tertiary/aromatic N) is 2. The van der Waals surface area contributed by atoms with E-state index in [1.807, 2.05) is 0 Å². The van der Waals surface area contributed by atoms with Gasteiger partial charge in [-0.2, -0.15) is 0 Å². The van der Waals surface area contributed by atoms with Crippen molar-refractivity contribution in [2.75, 3.05) is 0 Å². The molecule has 2 aliphatic rings. The van der Waals surface area contributed by atoms with Gasteiger partial charge in [-0.1, -0.05) is 0 Å². The first-order valence-electron chi connectivity index (χ1n) is 3.45. The molecule has 0 aromatic heterocycles. The van der Waals surface area contributed by atoms with Crippen LogP contribution in [0.4, 0.5) is 0 Å². The third-order valence-electron chi connectivity index (χ3n) is 2.11. The van der Waals surface area contributed by atoms with Gasteiger partial charge in [0.05, 0.1) is 12.7 Å². The number of hydrogen-bond donors (Lipinski definition) is 5. The molecule has 0 saturated carbocycles. The summed E-state index contributed by atoms with van der Waals surface area (Å²) < 4.78 is 0. The van der Waals surface area contributed by atoms with Crippen LogP contribution in [0.25, 0.3) is 0 Å². The number of nitrogens with one attached hydrogen (secondary N) is 2. The van der Waals surface area contributed by atoms with Crippen LogP contribution < -0.4 is 22.1 Å². The van der Waals surface area contributed by atoms with Crippen LogP contribution in [0.1, 0.15) is 0 Å². The summed E-state index contributed by atoms with van der Waals surface area (Å²) in [4.78, 5) is 7.53. The van der Waals surface area contributed by atoms with Gasteiger partial charge in [-0.3, -0.25) is 5.73 Å². The van der Waals surface area contributed by atoms with E-state index in [1.54, 1.807) is 0 Å². The molecule has 0 amide bonds. The van der Waals surface area contributed by atoms with Crippen molar-refractivity contribution in [3.05, 3.63) is 0 Å². The quantitative estimate of drug-likeness (QED) is 0.262. The van der Waals surface area contributed by atoms with Crippen LogP contribution in [0.15, 0.2) is 9.98 Å². The highest BCUT2D eigenvalue weighted by atomic mass is 16.3. The first-order chi connectivity index (χ1) is 5.58. The number of rotatable bonds is 0. The lowest BCUT2D eigenvalue weighted by molar-refractivity contribution is 0.0254. The predicted molar refractivity (Wildman–Crippen MR) is 43.1 cm³/mol. The fourth-order valence-corrected chi connectivity index (χ4v) is 1.21. The monoisotopic (exact) mass is 170 g/mol. The van der Waals surface area contributed by atoms with Gasteiger partial charge in [0.2, 0.25) is 5.79 Å². The van der Waals surface area contributed by atoms with Gasteiger partial charge in [0, 0.05) is 0 Å². The van der Waals surface area contributed by atoms with Crippen LogP contribution in [-0.2, 0) is 0 Å². The summed E-state index contributed by atoms with van der Waals surface area (Å²) in [5.41, 5.74) is 10.2. The van der Waals surface area contributed by atoms with Crippen LogP contribution in [0.5, 0.6) is 0 Å². The van der Waals surface area contributed by atoms with E-state index in [0.717, 1.165) is 0 Å². The fraction of sp³-hybridized carbons (Fsp3) is 0.600. The number of fused-ring (bicyclic) bond motifs is 1. The number of aliphatic hydroxyl groups is 1. The number of nitrogens with two attached hydrogens (primary N) is 2. The number of hydrogen-bond acceptors (Lipinski definition) is 7. The molecule has 0 aliphatic carbocycles. The van der Waals surface area contributed by atoms with Crippen molar-refractivity contribution in [2.45, 2.75) is 17.7 Å². The average Bonchev–Trinajstić information content (AvgIpc) is 2.30. The van der Waals surface area contributed by atoms with E-state index in [4.69, 9.17) is 11.5 Å². The highest BCUT2D eigenvalue weighted by Gasteiger charge is 2.56. The molecule has 0 radical (unpaired) electrons. The summed E-state index contributed by atoms with van der Waals surface area (Å²) in [5.74, 6) is -1.21. The highest BCUT2D eigenvalue weighted by Crippen LogP contribution is 2.23. The van der Waals surface area contributed by atoms with E-state index in [0.29, 0.717) is 0 Å². The van der Waals surface area contributed by atoms with Crippen LogP contribution >= 0.6 is 0 Å². The van der Waals surface area contributed by atoms with Crippen molar-refractivity contribution in [3.8, 4) is 0 Å². The van der Waals surface area contributed by atoms with Gasteiger partial charge in [0.15, 0.2) is 11.9 Å². The number of aliphatic imine (C=N–C) groups is 2. The first-order valence-corrected chi connectivity index (χ1v) is 3.45. The van der Waals surface area contributed by atoms with Crippen LogP contribution in [-0.4, -0.2) is 35.5 Å². The van der Waals surface area contributed by atoms with E-state index >= 15 is 0 Å². The maximum absolute atomic E-state index is 9.42. The van der Waals surface area contributed by atoms with Crippen molar-refractivity contribution >= 4 is 12.7 Å². The maximum atomic E-state index is 9.42. The van der Waals surface area contributed by atoms with E-state index in [-0.39, 0.29) is 0 Å². The lowest BCUT2D eigenvalue weighted by atomic mass is 10.0. The van der Waals surface area contributed by atoms with Gasteiger partial charge < -0.3 is 21.5 Å². The Labute approximate surface area is 68.6 Å². The third kappa shape index (κ3) is 0.649. The summed E-state index contributed by atoms with van der Waals surface area (Å²) in [6.07, 6.45) is 1.54. The second-order valence-corrected chi connectivity index (χ2v) is 2.83.